The van der Waals surface area contributed by atoms with E-state index in [1.54, 1.807) is 12.1 Å². The van der Waals surface area contributed by atoms with Crippen LogP contribution in [0.1, 0.15) is 25.0 Å². The molecule has 0 bridgehead atoms. The van der Waals surface area contributed by atoms with E-state index in [1.807, 2.05) is 13.8 Å². The van der Waals surface area contributed by atoms with Crippen molar-refractivity contribution in [2.45, 2.75) is 32.5 Å². The van der Waals surface area contributed by atoms with Crippen LogP contribution in [0.2, 0.25) is 5.02 Å². The van der Waals surface area contributed by atoms with E-state index in [4.69, 9.17) is 30.5 Å². The lowest BCUT2D eigenvalue weighted by molar-refractivity contribution is -0.137. The molecule has 8 nitrogen and oxygen atoms in total. The Labute approximate surface area is 207 Å². The first-order valence-electron chi connectivity index (χ1n) is 10.7. The van der Waals surface area contributed by atoms with Gasteiger partial charge in [0, 0.05) is 25.9 Å². The average Bonchev–Trinajstić information content (AvgIpc) is 2.77. The van der Waals surface area contributed by atoms with Crippen molar-refractivity contribution in [3.63, 3.8) is 0 Å². The zero-order valence-electron chi connectivity index (χ0n) is 19.5. The molecule has 0 radical (unpaired) electrons. The molecule has 0 aliphatic heterocycles. The summed E-state index contributed by atoms with van der Waals surface area (Å²) in [6.45, 7) is 4.62. The summed E-state index contributed by atoms with van der Waals surface area (Å²) in [7, 11) is -2.11. The molecule has 1 aromatic heterocycles. The number of nitrogens with zero attached hydrogens (tertiary/aromatic N) is 1. The van der Waals surface area contributed by atoms with E-state index >= 15 is 0 Å². The third-order valence-electron chi connectivity index (χ3n) is 4.45. The van der Waals surface area contributed by atoms with Gasteiger partial charge in [-0.15, -0.1) is 0 Å². The summed E-state index contributed by atoms with van der Waals surface area (Å²) in [4.78, 5) is 3.68. The van der Waals surface area contributed by atoms with Crippen molar-refractivity contribution in [3.05, 3.63) is 46.6 Å². The van der Waals surface area contributed by atoms with Crippen LogP contribution >= 0.6 is 11.6 Å². The third kappa shape index (κ3) is 10.2. The van der Waals surface area contributed by atoms with Gasteiger partial charge in [-0.05, 0) is 38.0 Å². The van der Waals surface area contributed by atoms with Crippen LogP contribution in [0.5, 0.6) is 17.4 Å². The van der Waals surface area contributed by atoms with Crippen molar-refractivity contribution < 1.29 is 40.5 Å². The van der Waals surface area contributed by atoms with Gasteiger partial charge in [0.05, 0.1) is 30.6 Å². The number of benzene rings is 1. The second kappa shape index (κ2) is 13.3. The van der Waals surface area contributed by atoms with Crippen molar-refractivity contribution in [2.24, 2.45) is 0 Å². The summed E-state index contributed by atoms with van der Waals surface area (Å²) in [5.41, 5.74) is -0.559. The molecule has 1 aromatic carbocycles. The van der Waals surface area contributed by atoms with Gasteiger partial charge in [0.1, 0.15) is 23.1 Å². The molecule has 2 rings (SSSR count). The third-order valence-corrected chi connectivity index (χ3v) is 6.11. The number of sulfonamides is 1. The van der Waals surface area contributed by atoms with Crippen LogP contribution in [0.15, 0.2) is 30.5 Å². The summed E-state index contributed by atoms with van der Waals surface area (Å²) in [6, 6.07) is 5.41. The van der Waals surface area contributed by atoms with Crippen LogP contribution in [0, 0.1) is 0 Å². The van der Waals surface area contributed by atoms with Gasteiger partial charge in [-0.25, -0.2) is 18.1 Å². The maximum Gasteiger partial charge on any atom is 0.417 e. The lowest BCUT2D eigenvalue weighted by atomic mass is 10.1. The Balaban J connectivity index is 2.20. The number of hydrogen-bond acceptors (Lipinski definition) is 7. The largest absolute Gasteiger partial charge is 0.491 e. The maximum atomic E-state index is 12.9. The molecule has 0 aliphatic rings. The Kier molecular flexibility index (Phi) is 11.0. The van der Waals surface area contributed by atoms with Crippen LogP contribution in [0.4, 0.5) is 13.2 Å². The summed E-state index contributed by atoms with van der Waals surface area (Å²) in [5, 5.41) is -0.351. The van der Waals surface area contributed by atoms with Crippen molar-refractivity contribution in [1.82, 2.24) is 9.71 Å². The second-order valence-corrected chi connectivity index (χ2v) is 9.94. The molecule has 0 spiro atoms. The monoisotopic (exact) mass is 540 g/mol. The minimum atomic E-state index is -4.61. The number of methoxy groups -OCH3 is 1. The number of hydrogen-bond donors (Lipinski definition) is 1. The number of aromatic nitrogens is 1. The fourth-order valence-electron chi connectivity index (χ4n) is 2.74. The van der Waals surface area contributed by atoms with Gasteiger partial charge in [-0.2, -0.15) is 13.2 Å². The molecule has 2 aromatic rings. The lowest BCUT2D eigenvalue weighted by Gasteiger charge is -2.15. The van der Waals surface area contributed by atoms with Crippen LogP contribution in [0.3, 0.4) is 0 Å². The quantitative estimate of drug-likeness (QED) is 0.353. The second-order valence-electron chi connectivity index (χ2n) is 7.60. The normalized spacial score (nSPS) is 12.2. The SMILES string of the molecule is COCCOc1ccc(CCS(=O)(=O)NCCOC(C)C)c(Oc2ncc(C(F)(F)F)cc2Cl)c1. The minimum Gasteiger partial charge on any atom is -0.491 e. The molecule has 0 fully saturated rings. The smallest absolute Gasteiger partial charge is 0.417 e. The van der Waals surface area contributed by atoms with E-state index in [0.717, 1.165) is 0 Å². The molecule has 1 heterocycles. The number of aryl methyl sites for hydroxylation is 1. The van der Waals surface area contributed by atoms with Crippen molar-refractivity contribution in [3.8, 4) is 17.4 Å². The van der Waals surface area contributed by atoms with Gasteiger partial charge in [-0.1, -0.05) is 17.7 Å². The fourth-order valence-corrected chi connectivity index (χ4v) is 3.97. The Bertz CT molecular complexity index is 1070. The van der Waals surface area contributed by atoms with E-state index in [2.05, 4.69) is 9.71 Å². The molecule has 0 saturated heterocycles. The lowest BCUT2D eigenvalue weighted by Crippen LogP contribution is -2.31. The number of alkyl halides is 3. The molecule has 0 saturated carbocycles. The van der Waals surface area contributed by atoms with Crippen LogP contribution < -0.4 is 14.2 Å². The van der Waals surface area contributed by atoms with Gasteiger partial charge in [-0.3, -0.25) is 0 Å². The number of rotatable bonds is 14. The average molecular weight is 541 g/mol. The zero-order chi connectivity index (χ0) is 26.1. The summed E-state index contributed by atoms with van der Waals surface area (Å²) >= 11 is 5.97. The summed E-state index contributed by atoms with van der Waals surface area (Å²) in [5.74, 6) is 0.00755. The first-order valence-corrected chi connectivity index (χ1v) is 12.7. The van der Waals surface area contributed by atoms with Gasteiger partial charge >= 0.3 is 6.18 Å². The Hall–Kier alpha value is -2.12. The van der Waals surface area contributed by atoms with Gasteiger partial charge < -0.3 is 18.9 Å². The highest BCUT2D eigenvalue weighted by Gasteiger charge is 2.32. The highest BCUT2D eigenvalue weighted by atomic mass is 35.5. The highest BCUT2D eigenvalue weighted by Crippen LogP contribution is 2.36. The molecule has 35 heavy (non-hydrogen) atoms. The number of ether oxygens (including phenoxy) is 4. The topological polar surface area (TPSA) is 96.0 Å². The highest BCUT2D eigenvalue weighted by molar-refractivity contribution is 7.89. The van der Waals surface area contributed by atoms with Gasteiger partial charge in [0.15, 0.2) is 0 Å². The Morgan fingerprint density at radius 3 is 2.51 bits per heavy atom. The Morgan fingerprint density at radius 2 is 1.89 bits per heavy atom. The summed E-state index contributed by atoms with van der Waals surface area (Å²) in [6.07, 6.45) is -3.98. The number of nitrogens with one attached hydrogen (secondary N) is 1. The van der Waals surface area contributed by atoms with Crippen molar-refractivity contribution >= 4 is 21.6 Å². The first kappa shape index (κ1) is 29.1. The molecule has 196 valence electrons. The summed E-state index contributed by atoms with van der Waals surface area (Å²) < 4.78 is 87.4. The molecule has 0 aliphatic carbocycles. The first-order chi connectivity index (χ1) is 16.4. The van der Waals surface area contributed by atoms with E-state index in [0.29, 0.717) is 30.2 Å². The van der Waals surface area contributed by atoms with Crippen LogP contribution in [-0.2, 0) is 32.1 Å². The number of pyridine rings is 1. The van der Waals surface area contributed by atoms with Crippen LogP contribution in [0.25, 0.3) is 0 Å². The van der Waals surface area contributed by atoms with E-state index in [9.17, 15) is 21.6 Å². The molecular weight excluding hydrogens is 513 g/mol. The Morgan fingerprint density at radius 1 is 1.14 bits per heavy atom. The maximum absolute atomic E-state index is 12.9. The molecule has 0 amide bonds. The van der Waals surface area contributed by atoms with E-state index < -0.39 is 21.8 Å². The van der Waals surface area contributed by atoms with Gasteiger partial charge in [0.25, 0.3) is 0 Å². The number of halogens is 4. The van der Waals surface area contributed by atoms with Gasteiger partial charge in [0.2, 0.25) is 15.9 Å². The fraction of sp³-hybridized carbons (Fsp3) is 0.500. The standard InChI is InChI=1S/C22H28ClF3N2O6S/c1-15(2)32-8-7-28-35(29,30)11-6-16-4-5-18(33-10-9-31-3)13-20(16)34-21-19(23)12-17(14-27-21)22(24,25)26/h4-5,12-15,28H,6-11H2,1-3H3. The molecule has 0 atom stereocenters. The van der Waals surface area contributed by atoms with E-state index in [1.165, 1.54) is 13.2 Å². The predicted molar refractivity (Wildman–Crippen MR) is 125 cm³/mol. The molecule has 1 N–H and O–H groups in total. The molecule has 0 unspecified atom stereocenters. The molecular formula is C22H28ClF3N2O6S. The van der Waals surface area contributed by atoms with Crippen LogP contribution in [-0.4, -0.2) is 58.7 Å². The van der Waals surface area contributed by atoms with E-state index in [-0.39, 0.29) is 54.7 Å². The predicted octanol–water partition coefficient (Wildman–Crippen LogP) is 4.46. The minimum absolute atomic E-state index is 0.0190. The molecule has 13 heteroatoms. The zero-order valence-corrected chi connectivity index (χ0v) is 21.1. The van der Waals surface area contributed by atoms with Crippen molar-refractivity contribution in [1.29, 1.82) is 0 Å². The van der Waals surface area contributed by atoms with Crippen molar-refractivity contribution in [2.75, 3.05) is 39.2 Å².